The van der Waals surface area contributed by atoms with Crippen molar-refractivity contribution in [3.05, 3.63) is 51.8 Å². The largest absolute Gasteiger partial charge is 0.492 e. The molecule has 2 rings (SSSR count). The average molecular weight is 328 g/mol. The first-order valence-corrected chi connectivity index (χ1v) is 7.36. The lowest BCUT2D eigenvalue weighted by atomic mass is 9.95. The minimum Gasteiger partial charge on any atom is -0.492 e. The number of ether oxygens (including phenoxy) is 1. The van der Waals surface area contributed by atoms with E-state index in [4.69, 9.17) is 33.7 Å². The fourth-order valence-corrected chi connectivity index (χ4v) is 2.63. The van der Waals surface area contributed by atoms with Crippen molar-refractivity contribution in [2.75, 3.05) is 6.61 Å². The quantitative estimate of drug-likeness (QED) is 0.835. The zero-order valence-corrected chi connectivity index (χ0v) is 13.3. The highest BCUT2D eigenvalue weighted by Gasteiger charge is 2.15. The Bertz CT molecular complexity index is 659. The van der Waals surface area contributed by atoms with E-state index in [1.807, 2.05) is 13.8 Å². The third-order valence-electron chi connectivity index (χ3n) is 3.12. The van der Waals surface area contributed by atoms with Crippen LogP contribution in [0.1, 0.15) is 25.5 Å². The number of rotatable bonds is 4. The predicted molar refractivity (Wildman–Crippen MR) is 85.6 cm³/mol. The van der Waals surface area contributed by atoms with Crippen LogP contribution in [-0.2, 0) is 0 Å². The van der Waals surface area contributed by atoms with E-state index in [0.717, 1.165) is 5.56 Å². The Morgan fingerprint density at radius 3 is 2.48 bits per heavy atom. The second kappa shape index (κ2) is 6.65. The fourth-order valence-electron chi connectivity index (χ4n) is 2.16. The third-order valence-corrected chi connectivity index (χ3v) is 3.73. The summed E-state index contributed by atoms with van der Waals surface area (Å²) in [4.78, 5) is 0. The zero-order valence-electron chi connectivity index (χ0n) is 11.8. The van der Waals surface area contributed by atoms with Crippen molar-refractivity contribution in [1.82, 2.24) is 0 Å². The SMILES string of the molecule is CCOc1cc(Cl)c(-c2cc(F)ccc2C(C)N)cc1Cl. The van der Waals surface area contributed by atoms with E-state index in [1.54, 1.807) is 18.2 Å². The Hall–Kier alpha value is -1.29. The summed E-state index contributed by atoms with van der Waals surface area (Å²) in [6.07, 6.45) is 0. The molecule has 0 aliphatic carbocycles. The molecule has 2 aromatic carbocycles. The van der Waals surface area contributed by atoms with Gasteiger partial charge in [-0.3, -0.25) is 0 Å². The maximum absolute atomic E-state index is 13.6. The summed E-state index contributed by atoms with van der Waals surface area (Å²) in [6.45, 7) is 4.18. The molecule has 0 spiro atoms. The van der Waals surface area contributed by atoms with Gasteiger partial charge in [-0.2, -0.15) is 0 Å². The zero-order chi connectivity index (χ0) is 15.6. The normalized spacial score (nSPS) is 12.3. The predicted octanol–water partition coefficient (Wildman–Crippen LogP) is 5.22. The lowest BCUT2D eigenvalue weighted by Gasteiger charge is -2.16. The van der Waals surface area contributed by atoms with Gasteiger partial charge in [-0.05, 0) is 43.2 Å². The summed E-state index contributed by atoms with van der Waals surface area (Å²) >= 11 is 12.5. The molecule has 0 amide bonds. The molecule has 1 unspecified atom stereocenters. The molecule has 5 heteroatoms. The van der Waals surface area contributed by atoms with Gasteiger partial charge in [-0.15, -0.1) is 0 Å². The van der Waals surface area contributed by atoms with E-state index in [-0.39, 0.29) is 11.9 Å². The molecule has 21 heavy (non-hydrogen) atoms. The van der Waals surface area contributed by atoms with E-state index in [1.165, 1.54) is 12.1 Å². The third kappa shape index (κ3) is 3.49. The molecule has 2 aromatic rings. The van der Waals surface area contributed by atoms with Crippen LogP contribution >= 0.6 is 23.2 Å². The highest BCUT2D eigenvalue weighted by Crippen LogP contribution is 2.39. The van der Waals surface area contributed by atoms with Crippen LogP contribution in [0.15, 0.2) is 30.3 Å². The molecular weight excluding hydrogens is 312 g/mol. The van der Waals surface area contributed by atoms with Crippen molar-refractivity contribution in [2.24, 2.45) is 5.73 Å². The molecule has 0 bridgehead atoms. The van der Waals surface area contributed by atoms with Crippen molar-refractivity contribution in [3.8, 4) is 16.9 Å². The Morgan fingerprint density at radius 1 is 1.14 bits per heavy atom. The van der Waals surface area contributed by atoms with E-state index < -0.39 is 0 Å². The molecule has 0 aliphatic rings. The molecule has 0 aromatic heterocycles. The van der Waals surface area contributed by atoms with Crippen LogP contribution in [0.5, 0.6) is 5.75 Å². The Kier molecular flexibility index (Phi) is 5.09. The highest BCUT2D eigenvalue weighted by molar-refractivity contribution is 6.36. The van der Waals surface area contributed by atoms with Crippen molar-refractivity contribution in [2.45, 2.75) is 19.9 Å². The van der Waals surface area contributed by atoms with Gasteiger partial charge in [-0.1, -0.05) is 29.3 Å². The number of halogens is 3. The van der Waals surface area contributed by atoms with Gasteiger partial charge in [0.05, 0.1) is 16.7 Å². The first-order valence-electron chi connectivity index (χ1n) is 6.61. The molecule has 0 saturated carbocycles. The lowest BCUT2D eigenvalue weighted by Crippen LogP contribution is -2.07. The lowest BCUT2D eigenvalue weighted by molar-refractivity contribution is 0.340. The van der Waals surface area contributed by atoms with Gasteiger partial charge in [0.15, 0.2) is 0 Å². The molecule has 0 aliphatic heterocycles. The molecule has 1 atom stereocenters. The number of hydrogen-bond donors (Lipinski definition) is 1. The summed E-state index contributed by atoms with van der Waals surface area (Å²) in [6, 6.07) is 7.52. The van der Waals surface area contributed by atoms with Gasteiger partial charge in [0, 0.05) is 17.7 Å². The summed E-state index contributed by atoms with van der Waals surface area (Å²) in [5.41, 5.74) is 8.02. The van der Waals surface area contributed by atoms with Crippen LogP contribution < -0.4 is 10.5 Å². The molecule has 0 heterocycles. The fraction of sp³-hybridized carbons (Fsp3) is 0.250. The topological polar surface area (TPSA) is 35.2 Å². The van der Waals surface area contributed by atoms with Crippen LogP contribution in [0.2, 0.25) is 10.0 Å². The van der Waals surface area contributed by atoms with E-state index >= 15 is 0 Å². The molecular formula is C16H16Cl2FNO. The molecule has 2 nitrogen and oxygen atoms in total. The van der Waals surface area contributed by atoms with Crippen LogP contribution in [0, 0.1) is 5.82 Å². The van der Waals surface area contributed by atoms with E-state index in [9.17, 15) is 4.39 Å². The van der Waals surface area contributed by atoms with Gasteiger partial charge in [0.2, 0.25) is 0 Å². The van der Waals surface area contributed by atoms with E-state index in [0.29, 0.717) is 33.5 Å². The van der Waals surface area contributed by atoms with Gasteiger partial charge in [-0.25, -0.2) is 4.39 Å². The van der Waals surface area contributed by atoms with Crippen LogP contribution in [0.3, 0.4) is 0 Å². The van der Waals surface area contributed by atoms with Gasteiger partial charge < -0.3 is 10.5 Å². The minimum absolute atomic E-state index is 0.248. The first-order chi connectivity index (χ1) is 9.93. The monoisotopic (exact) mass is 327 g/mol. The molecule has 0 fully saturated rings. The smallest absolute Gasteiger partial charge is 0.139 e. The minimum atomic E-state index is -0.351. The maximum Gasteiger partial charge on any atom is 0.139 e. The number of hydrogen-bond acceptors (Lipinski definition) is 2. The Labute approximate surface area is 133 Å². The van der Waals surface area contributed by atoms with Crippen LogP contribution in [0.4, 0.5) is 4.39 Å². The second-order valence-electron chi connectivity index (χ2n) is 4.72. The molecule has 0 radical (unpaired) electrons. The summed E-state index contributed by atoms with van der Waals surface area (Å²) in [5, 5.41) is 0.867. The van der Waals surface area contributed by atoms with Crippen LogP contribution in [-0.4, -0.2) is 6.61 Å². The number of nitrogens with two attached hydrogens (primary N) is 1. The van der Waals surface area contributed by atoms with Crippen molar-refractivity contribution >= 4 is 23.2 Å². The maximum atomic E-state index is 13.6. The summed E-state index contributed by atoms with van der Waals surface area (Å²) < 4.78 is 19.0. The number of benzene rings is 2. The van der Waals surface area contributed by atoms with Gasteiger partial charge in [0.1, 0.15) is 11.6 Å². The highest BCUT2D eigenvalue weighted by atomic mass is 35.5. The second-order valence-corrected chi connectivity index (χ2v) is 5.53. The first kappa shape index (κ1) is 16.1. The Balaban J connectivity index is 2.62. The molecule has 2 N–H and O–H groups in total. The summed E-state index contributed by atoms with van der Waals surface area (Å²) in [5.74, 6) is 0.155. The standard InChI is InChI=1S/C16H16Cl2FNO/c1-3-21-16-8-14(17)13(7-15(16)18)12-6-10(19)4-5-11(12)9(2)20/h4-9H,3,20H2,1-2H3. The molecule has 0 saturated heterocycles. The van der Waals surface area contributed by atoms with Crippen molar-refractivity contribution in [3.63, 3.8) is 0 Å². The van der Waals surface area contributed by atoms with E-state index in [2.05, 4.69) is 0 Å². The van der Waals surface area contributed by atoms with Crippen LogP contribution in [0.25, 0.3) is 11.1 Å². The summed E-state index contributed by atoms with van der Waals surface area (Å²) in [7, 11) is 0. The van der Waals surface area contributed by atoms with Gasteiger partial charge in [0.25, 0.3) is 0 Å². The molecule has 112 valence electrons. The van der Waals surface area contributed by atoms with Crippen molar-refractivity contribution < 1.29 is 9.13 Å². The average Bonchev–Trinajstić information content (AvgIpc) is 2.42. The van der Waals surface area contributed by atoms with Crippen molar-refractivity contribution in [1.29, 1.82) is 0 Å². The van der Waals surface area contributed by atoms with Gasteiger partial charge >= 0.3 is 0 Å². The Morgan fingerprint density at radius 2 is 1.86 bits per heavy atom.